The molecule has 0 fully saturated rings. The second kappa shape index (κ2) is 5.45. The summed E-state index contributed by atoms with van der Waals surface area (Å²) in [5, 5.41) is 7.44. The maximum absolute atomic E-state index is 5.73. The number of aromatic nitrogens is 2. The molecule has 2 aliphatic rings. The number of methoxy groups -OCH3 is 1. The van der Waals surface area contributed by atoms with E-state index in [4.69, 9.17) is 14.2 Å². The number of nitrogens with zero attached hydrogens (tertiary/aromatic N) is 1. The molecule has 23 heavy (non-hydrogen) atoms. The van der Waals surface area contributed by atoms with E-state index < -0.39 is 0 Å². The first-order valence-electron chi connectivity index (χ1n) is 8.00. The van der Waals surface area contributed by atoms with Gasteiger partial charge in [0.05, 0.1) is 32.0 Å². The summed E-state index contributed by atoms with van der Waals surface area (Å²) >= 11 is 0. The van der Waals surface area contributed by atoms with Gasteiger partial charge in [0.25, 0.3) is 0 Å². The first kappa shape index (κ1) is 14.4. The number of quaternary nitrogens is 1. The zero-order valence-electron chi connectivity index (χ0n) is 13.7. The van der Waals surface area contributed by atoms with Gasteiger partial charge in [0.2, 0.25) is 12.5 Å². The molecule has 6 heteroatoms. The smallest absolute Gasteiger partial charge is 0.231 e. The van der Waals surface area contributed by atoms with Crippen LogP contribution < -0.4 is 19.1 Å². The first-order valence-corrected chi connectivity index (χ1v) is 8.00. The van der Waals surface area contributed by atoms with Gasteiger partial charge in [0.15, 0.2) is 11.5 Å². The van der Waals surface area contributed by atoms with Crippen LogP contribution in [0.2, 0.25) is 0 Å². The Kier molecular flexibility index (Phi) is 3.41. The molecule has 0 saturated heterocycles. The van der Waals surface area contributed by atoms with Gasteiger partial charge in [-0.3, -0.25) is 5.10 Å². The molecular weight excluding hydrogens is 294 g/mol. The molecule has 0 amide bonds. The Morgan fingerprint density at radius 3 is 3.00 bits per heavy atom. The van der Waals surface area contributed by atoms with E-state index in [-0.39, 0.29) is 6.79 Å². The quantitative estimate of drug-likeness (QED) is 0.880. The summed E-state index contributed by atoms with van der Waals surface area (Å²) in [7, 11) is 3.94. The van der Waals surface area contributed by atoms with E-state index in [1.54, 1.807) is 7.11 Å². The predicted octanol–water partition coefficient (Wildman–Crippen LogP) is 0.810. The van der Waals surface area contributed by atoms with Crippen LogP contribution in [0.3, 0.4) is 0 Å². The van der Waals surface area contributed by atoms with Gasteiger partial charge in [-0.15, -0.1) is 0 Å². The van der Waals surface area contributed by atoms with Crippen LogP contribution in [0.15, 0.2) is 12.1 Å². The molecule has 3 heterocycles. The van der Waals surface area contributed by atoms with Gasteiger partial charge < -0.3 is 19.1 Å². The summed E-state index contributed by atoms with van der Waals surface area (Å²) in [6.07, 6.45) is 1.89. The van der Waals surface area contributed by atoms with Crippen LogP contribution in [0.4, 0.5) is 0 Å². The van der Waals surface area contributed by atoms with Crippen molar-refractivity contribution in [3.63, 3.8) is 0 Å². The van der Waals surface area contributed by atoms with Crippen molar-refractivity contribution in [3.05, 3.63) is 34.6 Å². The van der Waals surface area contributed by atoms with E-state index >= 15 is 0 Å². The van der Waals surface area contributed by atoms with Gasteiger partial charge in [-0.1, -0.05) is 0 Å². The minimum Gasteiger partial charge on any atom is -0.492 e. The van der Waals surface area contributed by atoms with Crippen LogP contribution >= 0.6 is 0 Å². The standard InChI is InChI=1S/C17H21N3O3/c1-10-6-12(19-18-10)8-13-15-11(4-5-20(13)2)7-14-16(17(15)21-3)23-9-22-14/h6-7,13H,4-5,8-9H2,1-3H3,(H,18,19)/p+1/t13-/m1/s1. The lowest BCUT2D eigenvalue weighted by atomic mass is 9.88. The maximum Gasteiger partial charge on any atom is 0.231 e. The second-order valence-corrected chi connectivity index (χ2v) is 6.36. The van der Waals surface area contributed by atoms with Gasteiger partial charge >= 0.3 is 0 Å². The normalized spacial score (nSPS) is 22.0. The van der Waals surface area contributed by atoms with E-state index in [0.717, 1.165) is 48.0 Å². The van der Waals surface area contributed by atoms with Gasteiger partial charge in [0.1, 0.15) is 6.04 Å². The molecule has 0 radical (unpaired) electrons. The average Bonchev–Trinajstić information content (AvgIpc) is 3.16. The van der Waals surface area contributed by atoms with E-state index in [1.807, 2.05) is 6.92 Å². The van der Waals surface area contributed by atoms with Crippen LogP contribution in [0, 0.1) is 6.92 Å². The fourth-order valence-electron chi connectivity index (χ4n) is 3.69. The van der Waals surface area contributed by atoms with Crippen LogP contribution in [0.5, 0.6) is 17.2 Å². The summed E-state index contributed by atoms with van der Waals surface area (Å²) in [6.45, 7) is 3.38. The highest BCUT2D eigenvalue weighted by molar-refractivity contribution is 5.61. The molecule has 4 rings (SSSR count). The number of likely N-dealkylation sites (N-methyl/N-ethyl adjacent to an activating group) is 1. The highest BCUT2D eigenvalue weighted by atomic mass is 16.7. The summed E-state index contributed by atoms with van der Waals surface area (Å²) < 4.78 is 16.9. The Bertz CT molecular complexity index is 741. The molecule has 1 unspecified atom stereocenters. The first-order chi connectivity index (χ1) is 11.2. The van der Waals surface area contributed by atoms with E-state index in [9.17, 15) is 0 Å². The molecule has 6 nitrogen and oxygen atoms in total. The topological polar surface area (TPSA) is 60.8 Å². The van der Waals surface area contributed by atoms with Crippen molar-refractivity contribution in [1.29, 1.82) is 0 Å². The number of hydrogen-bond donors (Lipinski definition) is 2. The molecule has 2 N–H and O–H groups in total. The van der Waals surface area contributed by atoms with Gasteiger partial charge in [-0.2, -0.15) is 5.10 Å². The molecule has 0 bridgehead atoms. The van der Waals surface area contributed by atoms with Crippen molar-refractivity contribution in [2.24, 2.45) is 0 Å². The number of H-pyrrole nitrogens is 1. The van der Waals surface area contributed by atoms with Crippen molar-refractivity contribution >= 4 is 0 Å². The number of aryl methyl sites for hydroxylation is 1. The van der Waals surface area contributed by atoms with Crippen molar-refractivity contribution < 1.29 is 19.1 Å². The van der Waals surface area contributed by atoms with E-state index in [0.29, 0.717) is 6.04 Å². The number of benzene rings is 1. The molecule has 2 aliphatic heterocycles. The highest BCUT2D eigenvalue weighted by Gasteiger charge is 2.36. The van der Waals surface area contributed by atoms with Crippen LogP contribution in [-0.2, 0) is 12.8 Å². The van der Waals surface area contributed by atoms with Crippen molar-refractivity contribution in [1.82, 2.24) is 10.2 Å². The maximum atomic E-state index is 5.73. The molecule has 0 saturated carbocycles. The lowest BCUT2D eigenvalue weighted by Crippen LogP contribution is -3.10. The van der Waals surface area contributed by atoms with Crippen LogP contribution in [-0.4, -0.2) is 37.7 Å². The van der Waals surface area contributed by atoms with Crippen LogP contribution in [0.25, 0.3) is 0 Å². The lowest BCUT2D eigenvalue weighted by Gasteiger charge is -2.32. The summed E-state index contributed by atoms with van der Waals surface area (Å²) in [5.74, 6) is 2.37. The third-order valence-electron chi connectivity index (χ3n) is 4.85. The molecule has 0 aliphatic carbocycles. The SMILES string of the molecule is COc1c2c(cc3c1[C@@H](Cc1cc(C)[nH]n1)[NH+](C)CC3)OCO2. The van der Waals surface area contributed by atoms with Crippen molar-refractivity contribution in [3.8, 4) is 17.2 Å². The number of ether oxygens (including phenoxy) is 3. The fourth-order valence-corrected chi connectivity index (χ4v) is 3.69. The minimum atomic E-state index is 0.264. The van der Waals surface area contributed by atoms with Gasteiger partial charge in [-0.25, -0.2) is 0 Å². The lowest BCUT2D eigenvalue weighted by molar-refractivity contribution is -0.914. The van der Waals surface area contributed by atoms with E-state index in [1.165, 1.54) is 16.0 Å². The minimum absolute atomic E-state index is 0.264. The second-order valence-electron chi connectivity index (χ2n) is 6.36. The molecule has 1 aromatic carbocycles. The summed E-state index contributed by atoms with van der Waals surface area (Å²) in [5.41, 5.74) is 4.71. The Balaban J connectivity index is 1.80. The van der Waals surface area contributed by atoms with Crippen molar-refractivity contribution in [2.75, 3.05) is 27.5 Å². The average molecular weight is 316 g/mol. The van der Waals surface area contributed by atoms with Gasteiger partial charge in [-0.05, 0) is 24.6 Å². The summed E-state index contributed by atoms with van der Waals surface area (Å²) in [4.78, 5) is 1.47. The zero-order chi connectivity index (χ0) is 16.0. The Morgan fingerprint density at radius 2 is 2.26 bits per heavy atom. The largest absolute Gasteiger partial charge is 0.492 e. The fraction of sp³-hybridized carbons (Fsp3) is 0.471. The Hall–Kier alpha value is -2.21. The molecule has 2 atom stereocenters. The number of hydrogen-bond acceptors (Lipinski definition) is 4. The van der Waals surface area contributed by atoms with Crippen LogP contribution in [0.1, 0.15) is 28.6 Å². The molecule has 1 aromatic heterocycles. The zero-order valence-corrected chi connectivity index (χ0v) is 13.7. The number of fused-ring (bicyclic) bond motifs is 2. The Morgan fingerprint density at radius 1 is 1.39 bits per heavy atom. The third kappa shape index (κ3) is 2.34. The predicted molar refractivity (Wildman–Crippen MR) is 84.3 cm³/mol. The third-order valence-corrected chi connectivity index (χ3v) is 4.85. The number of rotatable bonds is 3. The number of aromatic amines is 1. The molecular formula is C17H22N3O3+. The molecule has 2 aromatic rings. The van der Waals surface area contributed by atoms with E-state index in [2.05, 4.69) is 29.4 Å². The molecule has 0 spiro atoms. The monoisotopic (exact) mass is 316 g/mol. The van der Waals surface area contributed by atoms with Crippen molar-refractivity contribution in [2.45, 2.75) is 25.8 Å². The molecule has 122 valence electrons. The Labute approximate surface area is 135 Å². The highest BCUT2D eigenvalue weighted by Crippen LogP contribution is 2.47. The number of nitrogens with one attached hydrogen (secondary N) is 2. The summed E-state index contributed by atoms with van der Waals surface area (Å²) in [6, 6.07) is 4.53. The van der Waals surface area contributed by atoms with Gasteiger partial charge in [0, 0.05) is 18.5 Å².